The number of hydrogen-bond donors (Lipinski definition) is 0. The first kappa shape index (κ1) is 16.9. The van der Waals surface area contributed by atoms with Gasteiger partial charge >= 0.3 is 0 Å². The van der Waals surface area contributed by atoms with E-state index in [1.165, 1.54) is 29.6 Å². The van der Waals surface area contributed by atoms with Crippen LogP contribution in [0.5, 0.6) is 11.5 Å². The fraction of sp³-hybridized carbons (Fsp3) is 0.348. The van der Waals surface area contributed by atoms with E-state index in [2.05, 4.69) is 6.07 Å². The summed E-state index contributed by atoms with van der Waals surface area (Å²) in [5, 5.41) is 0. The summed E-state index contributed by atoms with van der Waals surface area (Å²) in [6.45, 7) is 0. The summed E-state index contributed by atoms with van der Waals surface area (Å²) in [6, 6.07) is 13.7. The van der Waals surface area contributed by atoms with Gasteiger partial charge in [-0.1, -0.05) is 41.5 Å². The minimum absolute atomic E-state index is 0.188. The highest BCUT2D eigenvalue weighted by Crippen LogP contribution is 2.47. The molecule has 134 valence electrons. The van der Waals surface area contributed by atoms with Crippen LogP contribution < -0.4 is 9.47 Å². The second-order valence-electron chi connectivity index (χ2n) is 7.08. The molecule has 3 heteroatoms. The average molecular weight is 348 g/mol. The molecule has 2 aromatic rings. The van der Waals surface area contributed by atoms with Gasteiger partial charge in [0.2, 0.25) is 0 Å². The van der Waals surface area contributed by atoms with Crippen LogP contribution in [0.2, 0.25) is 0 Å². The van der Waals surface area contributed by atoms with Crippen LogP contribution >= 0.6 is 0 Å². The smallest absolute Gasteiger partial charge is 0.174 e. The highest BCUT2D eigenvalue weighted by molar-refractivity contribution is 6.03. The largest absolute Gasteiger partial charge is 0.493 e. The van der Waals surface area contributed by atoms with E-state index in [9.17, 15) is 4.79 Å². The fourth-order valence-electron chi connectivity index (χ4n) is 4.39. The average Bonchev–Trinajstić information content (AvgIpc) is 2.71. The zero-order chi connectivity index (χ0) is 18.1. The van der Waals surface area contributed by atoms with Gasteiger partial charge in [0.15, 0.2) is 17.3 Å². The molecule has 0 aromatic heterocycles. The Morgan fingerprint density at radius 3 is 2.38 bits per heavy atom. The number of hydrogen-bond acceptors (Lipinski definition) is 3. The van der Waals surface area contributed by atoms with Gasteiger partial charge in [-0.15, -0.1) is 0 Å². The summed E-state index contributed by atoms with van der Waals surface area (Å²) < 4.78 is 11.0. The Bertz CT molecular complexity index is 865. The van der Waals surface area contributed by atoms with Crippen molar-refractivity contribution in [2.45, 2.75) is 38.0 Å². The van der Waals surface area contributed by atoms with Crippen molar-refractivity contribution in [3.05, 3.63) is 70.3 Å². The third-order valence-corrected chi connectivity index (χ3v) is 5.66. The number of carbonyl (C=O) groups excluding carboxylic acids is 1. The lowest BCUT2D eigenvalue weighted by molar-refractivity contribution is 0.0968. The van der Waals surface area contributed by atoms with Crippen molar-refractivity contribution in [2.75, 3.05) is 14.2 Å². The van der Waals surface area contributed by atoms with E-state index in [0.29, 0.717) is 5.75 Å². The van der Waals surface area contributed by atoms with Gasteiger partial charge in [0, 0.05) is 5.56 Å². The molecule has 0 heterocycles. The normalized spacial score (nSPS) is 18.8. The molecule has 0 saturated carbocycles. The quantitative estimate of drug-likeness (QED) is 0.570. The molecular weight excluding hydrogens is 324 g/mol. The maximum Gasteiger partial charge on any atom is 0.174 e. The van der Waals surface area contributed by atoms with Gasteiger partial charge in [-0.25, -0.2) is 0 Å². The molecule has 2 aliphatic rings. The molecule has 2 aliphatic carbocycles. The first-order valence-electron chi connectivity index (χ1n) is 9.27. The number of ketones is 1. The Morgan fingerprint density at radius 1 is 0.962 bits per heavy atom. The van der Waals surface area contributed by atoms with Gasteiger partial charge in [-0.3, -0.25) is 4.79 Å². The lowest BCUT2D eigenvalue weighted by atomic mass is 9.70. The minimum Gasteiger partial charge on any atom is -0.493 e. The molecule has 4 rings (SSSR count). The second-order valence-corrected chi connectivity index (χ2v) is 7.08. The van der Waals surface area contributed by atoms with Crippen LogP contribution in [0.15, 0.2) is 53.6 Å². The molecule has 0 spiro atoms. The lowest BCUT2D eigenvalue weighted by Gasteiger charge is -2.34. The number of methoxy groups -OCH3 is 2. The number of fused-ring (bicyclic) bond motifs is 1. The summed E-state index contributed by atoms with van der Waals surface area (Å²) in [6.07, 6.45) is 5.42. The Balaban J connectivity index is 1.87. The van der Waals surface area contributed by atoms with E-state index < -0.39 is 0 Å². The minimum atomic E-state index is -0.198. The van der Waals surface area contributed by atoms with Crippen molar-refractivity contribution >= 4 is 5.78 Å². The molecule has 0 amide bonds. The van der Waals surface area contributed by atoms with Crippen molar-refractivity contribution in [1.29, 1.82) is 0 Å². The third-order valence-electron chi connectivity index (χ3n) is 5.66. The Labute approximate surface area is 154 Å². The molecule has 3 nitrogen and oxygen atoms in total. The predicted molar refractivity (Wildman–Crippen MR) is 102 cm³/mol. The molecule has 0 aliphatic heterocycles. The summed E-state index contributed by atoms with van der Waals surface area (Å²) >= 11 is 0. The number of allylic oxidation sites excluding steroid dienone is 2. The topological polar surface area (TPSA) is 35.5 Å². The van der Waals surface area contributed by atoms with Gasteiger partial charge in [0.25, 0.3) is 0 Å². The van der Waals surface area contributed by atoms with Gasteiger partial charge in [0.05, 0.1) is 20.1 Å². The monoisotopic (exact) mass is 348 g/mol. The third kappa shape index (κ3) is 2.82. The van der Waals surface area contributed by atoms with E-state index >= 15 is 0 Å². The maximum absolute atomic E-state index is 13.5. The van der Waals surface area contributed by atoms with Gasteiger partial charge in [0.1, 0.15) is 0 Å². The number of Topliss-reactive ketones (excluding diaryl/α,β-unsaturated/α-hetero) is 1. The Kier molecular flexibility index (Phi) is 4.54. The molecule has 0 saturated heterocycles. The van der Waals surface area contributed by atoms with Crippen LogP contribution in [0.3, 0.4) is 0 Å². The summed E-state index contributed by atoms with van der Waals surface area (Å²) in [4.78, 5) is 13.5. The molecule has 1 unspecified atom stereocenters. The molecule has 0 N–H and O–H groups in total. The van der Waals surface area contributed by atoms with Crippen LogP contribution in [0.4, 0.5) is 0 Å². The molecule has 1 atom stereocenters. The fourth-order valence-corrected chi connectivity index (χ4v) is 4.39. The first-order valence-corrected chi connectivity index (χ1v) is 9.27. The predicted octanol–water partition coefficient (Wildman–Crippen LogP) is 5.10. The highest BCUT2D eigenvalue weighted by atomic mass is 16.5. The Hall–Kier alpha value is -2.55. The molecule has 2 aromatic carbocycles. The summed E-state index contributed by atoms with van der Waals surface area (Å²) in [5.41, 5.74) is 5.84. The lowest BCUT2D eigenvalue weighted by Crippen LogP contribution is -2.24. The van der Waals surface area contributed by atoms with E-state index in [1.54, 1.807) is 14.2 Å². The van der Waals surface area contributed by atoms with Crippen molar-refractivity contribution in [3.63, 3.8) is 0 Å². The molecule has 0 radical (unpaired) electrons. The van der Waals surface area contributed by atoms with Crippen molar-refractivity contribution < 1.29 is 14.3 Å². The van der Waals surface area contributed by atoms with E-state index in [1.807, 2.05) is 36.4 Å². The van der Waals surface area contributed by atoms with E-state index in [4.69, 9.17) is 9.47 Å². The van der Waals surface area contributed by atoms with Crippen LogP contribution in [0.25, 0.3) is 0 Å². The molecule has 0 fully saturated rings. The second kappa shape index (κ2) is 6.99. The van der Waals surface area contributed by atoms with Crippen molar-refractivity contribution in [2.24, 2.45) is 0 Å². The zero-order valence-electron chi connectivity index (χ0n) is 15.4. The van der Waals surface area contributed by atoms with Crippen LogP contribution in [0, 0.1) is 0 Å². The standard InChI is InChI=1S/C23H24O3/c1-25-20-13-17-12-16-10-6-7-11-18(16)22(19(17)14-21(20)26-2)23(24)15-8-4-3-5-9-15/h3-5,8-9,13-14,22H,6-7,10-12H2,1-2H3. The van der Waals surface area contributed by atoms with E-state index in [0.717, 1.165) is 36.1 Å². The summed E-state index contributed by atoms with van der Waals surface area (Å²) in [7, 11) is 3.30. The van der Waals surface area contributed by atoms with Crippen LogP contribution in [0.1, 0.15) is 53.1 Å². The number of rotatable bonds is 4. The molecule has 26 heavy (non-hydrogen) atoms. The highest BCUT2D eigenvalue weighted by Gasteiger charge is 2.35. The first-order chi connectivity index (χ1) is 12.7. The SMILES string of the molecule is COc1cc2c(cc1OC)C(C(=O)c1ccccc1)C1=C(CCCC1)C2. The van der Waals surface area contributed by atoms with Gasteiger partial charge in [-0.2, -0.15) is 0 Å². The van der Waals surface area contributed by atoms with Gasteiger partial charge < -0.3 is 9.47 Å². The number of benzene rings is 2. The Morgan fingerprint density at radius 2 is 1.65 bits per heavy atom. The molecule has 0 bridgehead atoms. The van der Waals surface area contributed by atoms with Crippen molar-refractivity contribution in [1.82, 2.24) is 0 Å². The maximum atomic E-state index is 13.5. The van der Waals surface area contributed by atoms with Crippen LogP contribution in [-0.2, 0) is 6.42 Å². The zero-order valence-corrected chi connectivity index (χ0v) is 15.4. The number of carbonyl (C=O) groups is 1. The molecular formula is C23H24O3. The van der Waals surface area contributed by atoms with E-state index in [-0.39, 0.29) is 11.7 Å². The van der Waals surface area contributed by atoms with Gasteiger partial charge in [-0.05, 0) is 55.4 Å². The van der Waals surface area contributed by atoms with Crippen LogP contribution in [-0.4, -0.2) is 20.0 Å². The number of ether oxygens (including phenoxy) is 2. The summed E-state index contributed by atoms with van der Waals surface area (Å²) in [5.74, 6) is 1.42. The van der Waals surface area contributed by atoms with Crippen molar-refractivity contribution in [3.8, 4) is 11.5 Å².